The van der Waals surface area contributed by atoms with Crippen LogP contribution in [0.2, 0.25) is 0 Å². The van der Waals surface area contributed by atoms with Gasteiger partial charge in [-0.05, 0) is 0 Å². The van der Waals surface area contributed by atoms with Crippen LogP contribution in [0.25, 0.3) is 5.73 Å². The van der Waals surface area contributed by atoms with E-state index in [-0.39, 0.29) is 76.4 Å². The molecular formula is C6H10NO2Y2-. The van der Waals surface area contributed by atoms with E-state index in [1.54, 1.807) is 12.1 Å². The molecule has 58 valence electrons. The van der Waals surface area contributed by atoms with E-state index in [0.717, 1.165) is 0 Å². The molecular weight excluding hydrogens is 296 g/mol. The monoisotopic (exact) mass is 306 g/mol. The average Bonchev–Trinajstić information content (AvgIpc) is 1.69. The number of hydrogen-bond donors (Lipinski definition) is 0. The van der Waals surface area contributed by atoms with E-state index in [0.29, 0.717) is 5.69 Å². The van der Waals surface area contributed by atoms with Crippen LogP contribution in [-0.2, 0) is 65.4 Å². The Labute approximate surface area is 117 Å². The zero-order valence-corrected chi connectivity index (χ0v) is 11.7. The maximum absolute atomic E-state index is 7.00. The largest absolute Gasteiger partial charge is 0.699 e. The molecule has 0 saturated carbocycles. The average molecular weight is 306 g/mol. The Morgan fingerprint density at radius 2 is 1.18 bits per heavy atom. The molecule has 0 spiro atoms. The van der Waals surface area contributed by atoms with Gasteiger partial charge in [-0.1, -0.05) is 30.3 Å². The van der Waals surface area contributed by atoms with Crippen molar-refractivity contribution in [3.63, 3.8) is 0 Å². The SMILES string of the molecule is O.O.[NH-]c1ccccc1.[Y].[Y]. The van der Waals surface area contributed by atoms with Crippen molar-refractivity contribution in [2.75, 3.05) is 0 Å². The number of benzene rings is 1. The summed E-state index contributed by atoms with van der Waals surface area (Å²) in [5, 5.41) is 0. The van der Waals surface area contributed by atoms with Gasteiger partial charge in [-0.15, -0.1) is 5.69 Å². The fourth-order valence-electron chi connectivity index (χ4n) is 0.438. The minimum absolute atomic E-state index is 0. The van der Waals surface area contributed by atoms with Crippen molar-refractivity contribution in [3.8, 4) is 0 Å². The summed E-state index contributed by atoms with van der Waals surface area (Å²) in [6.45, 7) is 0. The number of nitrogens with one attached hydrogen (secondary N) is 1. The topological polar surface area (TPSA) is 86.8 Å². The summed E-state index contributed by atoms with van der Waals surface area (Å²) in [6, 6.07) is 9.10. The molecule has 0 aliphatic carbocycles. The minimum atomic E-state index is 0. The summed E-state index contributed by atoms with van der Waals surface area (Å²) < 4.78 is 0. The first-order valence-corrected chi connectivity index (χ1v) is 2.16. The third-order valence-electron chi connectivity index (χ3n) is 0.774. The van der Waals surface area contributed by atoms with Crippen LogP contribution in [0.3, 0.4) is 0 Å². The van der Waals surface area contributed by atoms with Crippen LogP contribution in [0.4, 0.5) is 5.69 Å². The van der Waals surface area contributed by atoms with Crippen LogP contribution < -0.4 is 0 Å². The Morgan fingerprint density at radius 1 is 0.818 bits per heavy atom. The molecule has 0 saturated heterocycles. The second-order valence-corrected chi connectivity index (χ2v) is 1.37. The van der Waals surface area contributed by atoms with Gasteiger partial charge in [-0.3, -0.25) is 0 Å². The van der Waals surface area contributed by atoms with E-state index in [4.69, 9.17) is 5.73 Å². The summed E-state index contributed by atoms with van der Waals surface area (Å²) >= 11 is 0. The van der Waals surface area contributed by atoms with Crippen LogP contribution in [-0.4, -0.2) is 11.0 Å². The Kier molecular flexibility index (Phi) is 28.4. The molecule has 5 N–H and O–H groups in total. The van der Waals surface area contributed by atoms with Crippen molar-refractivity contribution in [1.82, 2.24) is 0 Å². The van der Waals surface area contributed by atoms with E-state index in [9.17, 15) is 0 Å². The molecule has 0 aliphatic rings. The van der Waals surface area contributed by atoms with Crippen molar-refractivity contribution in [1.29, 1.82) is 0 Å². The molecule has 2 radical (unpaired) electrons. The quantitative estimate of drug-likeness (QED) is 0.676. The maximum atomic E-state index is 7.00. The smallest absolute Gasteiger partial charge is 0 e. The predicted octanol–water partition coefficient (Wildman–Crippen LogP) is 0.716. The van der Waals surface area contributed by atoms with Crippen molar-refractivity contribution in [2.45, 2.75) is 0 Å². The van der Waals surface area contributed by atoms with E-state index in [2.05, 4.69) is 0 Å². The van der Waals surface area contributed by atoms with E-state index >= 15 is 0 Å². The van der Waals surface area contributed by atoms with Crippen LogP contribution in [0.1, 0.15) is 0 Å². The Hall–Kier alpha value is 1.15. The molecule has 0 amide bonds. The standard InChI is InChI=1S/C6H6N.2H2O.2Y/c7-6-4-2-1-3-5-6;;;;/h1-5,7H;2*1H2;;/q-1;;;;. The molecule has 11 heavy (non-hydrogen) atoms. The Morgan fingerprint density at radius 3 is 1.36 bits per heavy atom. The van der Waals surface area contributed by atoms with E-state index in [1.807, 2.05) is 18.2 Å². The first-order valence-electron chi connectivity index (χ1n) is 2.16. The Bertz CT molecular complexity index is 149. The third-order valence-corrected chi connectivity index (χ3v) is 0.774. The van der Waals surface area contributed by atoms with Crippen LogP contribution in [0.15, 0.2) is 30.3 Å². The fourth-order valence-corrected chi connectivity index (χ4v) is 0.438. The van der Waals surface area contributed by atoms with Gasteiger partial charge in [0.05, 0.1) is 0 Å². The van der Waals surface area contributed by atoms with Crippen molar-refractivity contribution in [2.24, 2.45) is 0 Å². The Balaban J connectivity index is -0.0000000612. The van der Waals surface area contributed by atoms with Crippen molar-refractivity contribution >= 4 is 5.69 Å². The van der Waals surface area contributed by atoms with Crippen LogP contribution in [0.5, 0.6) is 0 Å². The summed E-state index contributed by atoms with van der Waals surface area (Å²) in [7, 11) is 0. The molecule has 3 nitrogen and oxygen atoms in total. The number of hydrogen-bond acceptors (Lipinski definition) is 0. The molecule has 1 aromatic rings. The van der Waals surface area contributed by atoms with E-state index in [1.165, 1.54) is 0 Å². The number of rotatable bonds is 0. The van der Waals surface area contributed by atoms with Crippen molar-refractivity contribution < 1.29 is 76.4 Å². The van der Waals surface area contributed by atoms with Crippen LogP contribution in [0, 0.1) is 0 Å². The van der Waals surface area contributed by atoms with Gasteiger partial charge in [0.25, 0.3) is 0 Å². The fraction of sp³-hybridized carbons (Fsp3) is 0. The van der Waals surface area contributed by atoms with Crippen molar-refractivity contribution in [3.05, 3.63) is 36.1 Å². The zero-order chi connectivity index (χ0) is 5.11. The first kappa shape index (κ1) is 22.7. The van der Waals surface area contributed by atoms with Gasteiger partial charge in [0.2, 0.25) is 0 Å². The molecule has 0 fully saturated rings. The predicted molar refractivity (Wildman–Crippen MR) is 37.7 cm³/mol. The van der Waals surface area contributed by atoms with Gasteiger partial charge in [0.15, 0.2) is 0 Å². The van der Waals surface area contributed by atoms with E-state index < -0.39 is 0 Å². The molecule has 0 atom stereocenters. The van der Waals surface area contributed by atoms with Gasteiger partial charge >= 0.3 is 0 Å². The van der Waals surface area contributed by atoms with Gasteiger partial charge in [0.1, 0.15) is 0 Å². The molecule has 0 aromatic heterocycles. The summed E-state index contributed by atoms with van der Waals surface area (Å²) in [5.74, 6) is 0. The molecule has 1 rings (SSSR count). The molecule has 0 aliphatic heterocycles. The van der Waals surface area contributed by atoms with Gasteiger partial charge in [0, 0.05) is 65.4 Å². The first-order chi connectivity index (χ1) is 3.39. The minimum Gasteiger partial charge on any atom is -0.699 e. The summed E-state index contributed by atoms with van der Waals surface area (Å²) in [4.78, 5) is 0. The maximum Gasteiger partial charge on any atom is 0 e. The molecule has 1 aromatic carbocycles. The van der Waals surface area contributed by atoms with Crippen LogP contribution >= 0.6 is 0 Å². The van der Waals surface area contributed by atoms with Gasteiger partial charge in [-0.25, -0.2) is 0 Å². The van der Waals surface area contributed by atoms with Gasteiger partial charge < -0.3 is 16.7 Å². The molecule has 0 heterocycles. The van der Waals surface area contributed by atoms with Gasteiger partial charge in [-0.2, -0.15) is 0 Å². The zero-order valence-electron chi connectivity index (χ0n) is 6.04. The summed E-state index contributed by atoms with van der Waals surface area (Å²) in [6.07, 6.45) is 0. The summed E-state index contributed by atoms with van der Waals surface area (Å²) in [5.41, 5.74) is 7.57. The molecule has 5 heteroatoms. The molecule has 0 unspecified atom stereocenters. The second kappa shape index (κ2) is 13.7. The second-order valence-electron chi connectivity index (χ2n) is 1.37. The molecule has 0 bridgehead atoms. The normalized spacial score (nSPS) is 5.45. The third kappa shape index (κ3) is 11.1.